The molecule has 0 atom stereocenters. The molecule has 12 nitrogen and oxygen atoms in total. The molecule has 12 heteroatoms. The first-order chi connectivity index (χ1) is 20.9. The number of hydrogen-bond donors (Lipinski definition) is 4. The highest BCUT2D eigenvalue weighted by Gasteiger charge is 2.22. The summed E-state index contributed by atoms with van der Waals surface area (Å²) in [5.41, 5.74) is 1.61. The average molecular weight is 605 g/mol. The van der Waals surface area contributed by atoms with Crippen molar-refractivity contribution in [2.24, 2.45) is 0 Å². The molecule has 0 radical (unpaired) electrons. The van der Waals surface area contributed by atoms with Gasteiger partial charge in [0.1, 0.15) is 23.0 Å². The Hall–Kier alpha value is -6.04. The molecule has 228 valence electrons. The maximum atomic E-state index is 11.9. The van der Waals surface area contributed by atoms with Gasteiger partial charge < -0.3 is 39.4 Å². The fourth-order valence-corrected chi connectivity index (χ4v) is 4.17. The molecule has 0 aromatic heterocycles. The summed E-state index contributed by atoms with van der Waals surface area (Å²) in [7, 11) is 4.90. The van der Waals surface area contributed by atoms with Crippen LogP contribution in [-0.4, -0.2) is 72.7 Å². The van der Waals surface area contributed by atoms with Gasteiger partial charge in [0.15, 0.2) is 0 Å². The van der Waals surface area contributed by atoms with Crippen LogP contribution in [0.3, 0.4) is 0 Å². The van der Waals surface area contributed by atoms with Gasteiger partial charge in [-0.15, -0.1) is 0 Å². The fraction of sp³-hybridized carbons (Fsp3) is 0.125. The van der Waals surface area contributed by atoms with Gasteiger partial charge in [0.05, 0.1) is 50.7 Å². The first-order valence-corrected chi connectivity index (χ1v) is 12.6. The lowest BCUT2D eigenvalue weighted by molar-refractivity contribution is 0.0590. The summed E-state index contributed by atoms with van der Waals surface area (Å²) >= 11 is 0. The number of methoxy groups -OCH3 is 4. The average Bonchev–Trinajstić information content (AvgIpc) is 3.03. The molecule has 0 aliphatic rings. The molecule has 0 heterocycles. The summed E-state index contributed by atoms with van der Waals surface area (Å²) in [6.45, 7) is 0. The molecule has 44 heavy (non-hydrogen) atoms. The van der Waals surface area contributed by atoms with E-state index in [-0.39, 0.29) is 67.5 Å². The van der Waals surface area contributed by atoms with Gasteiger partial charge in [0, 0.05) is 22.3 Å². The van der Waals surface area contributed by atoms with E-state index < -0.39 is 23.9 Å². The second kappa shape index (κ2) is 14.2. The van der Waals surface area contributed by atoms with Crippen LogP contribution in [0.15, 0.2) is 72.8 Å². The zero-order valence-corrected chi connectivity index (χ0v) is 24.0. The highest BCUT2D eigenvalue weighted by molar-refractivity contribution is 6.04. The van der Waals surface area contributed by atoms with Crippen LogP contribution in [0.5, 0.6) is 23.0 Å². The Labute approximate surface area is 251 Å². The molecule has 0 saturated heterocycles. The molecule has 0 fully saturated rings. The highest BCUT2D eigenvalue weighted by Crippen LogP contribution is 2.35. The van der Waals surface area contributed by atoms with Crippen molar-refractivity contribution in [3.8, 4) is 45.3 Å². The minimum Gasteiger partial charge on any atom is -0.508 e. The number of phenols is 4. The van der Waals surface area contributed by atoms with Crippen molar-refractivity contribution in [1.82, 2.24) is 0 Å². The first kappa shape index (κ1) is 32.5. The summed E-state index contributed by atoms with van der Waals surface area (Å²) in [6.07, 6.45) is 0. The third-order valence-corrected chi connectivity index (χ3v) is 6.21. The number of rotatable bonds is 6. The van der Waals surface area contributed by atoms with Crippen LogP contribution in [0.1, 0.15) is 41.4 Å². The molecule has 0 saturated carbocycles. The number of benzene rings is 4. The third kappa shape index (κ3) is 7.23. The van der Waals surface area contributed by atoms with E-state index in [4.69, 9.17) is 18.9 Å². The number of phenolic OH excluding ortho intramolecular Hbond substituents is 4. The Balaban J connectivity index is 0.000000240. The van der Waals surface area contributed by atoms with Crippen LogP contribution < -0.4 is 0 Å². The van der Waals surface area contributed by atoms with E-state index in [1.807, 2.05) is 0 Å². The van der Waals surface area contributed by atoms with E-state index in [9.17, 15) is 39.6 Å². The molecular formula is C32H28O12. The summed E-state index contributed by atoms with van der Waals surface area (Å²) < 4.78 is 18.8. The molecule has 0 spiro atoms. The third-order valence-electron chi connectivity index (χ3n) is 6.21. The van der Waals surface area contributed by atoms with Crippen molar-refractivity contribution < 1.29 is 58.6 Å². The summed E-state index contributed by atoms with van der Waals surface area (Å²) in [4.78, 5) is 47.5. The largest absolute Gasteiger partial charge is 0.508 e. The molecule has 4 aromatic rings. The Morgan fingerprint density at radius 1 is 0.386 bits per heavy atom. The van der Waals surface area contributed by atoms with Gasteiger partial charge in [-0.05, 0) is 72.8 Å². The molecule has 0 unspecified atom stereocenters. The summed E-state index contributed by atoms with van der Waals surface area (Å²) in [5, 5.41) is 38.7. The number of carbonyl (C=O) groups excluding carboxylic acids is 4. The molecule has 4 rings (SSSR count). The Kier molecular flexibility index (Phi) is 10.5. The van der Waals surface area contributed by atoms with Crippen molar-refractivity contribution in [2.75, 3.05) is 28.4 Å². The van der Waals surface area contributed by atoms with E-state index in [1.165, 1.54) is 101 Å². The minimum absolute atomic E-state index is 0.0955. The lowest BCUT2D eigenvalue weighted by Crippen LogP contribution is -2.07. The van der Waals surface area contributed by atoms with Gasteiger partial charge in [0.25, 0.3) is 0 Å². The first-order valence-electron chi connectivity index (χ1n) is 12.6. The van der Waals surface area contributed by atoms with Gasteiger partial charge in [-0.1, -0.05) is 0 Å². The summed E-state index contributed by atoms with van der Waals surface area (Å²) in [6, 6.07) is 16.1. The molecule has 4 N–H and O–H groups in total. The molecular weight excluding hydrogens is 576 g/mol. The van der Waals surface area contributed by atoms with Crippen molar-refractivity contribution in [1.29, 1.82) is 0 Å². The normalized spacial score (nSPS) is 10.1. The van der Waals surface area contributed by atoms with Crippen molar-refractivity contribution >= 4 is 23.9 Å². The van der Waals surface area contributed by atoms with E-state index >= 15 is 0 Å². The highest BCUT2D eigenvalue weighted by atomic mass is 16.5. The zero-order chi connectivity index (χ0) is 32.6. The predicted molar refractivity (Wildman–Crippen MR) is 156 cm³/mol. The van der Waals surface area contributed by atoms with Crippen molar-refractivity contribution in [3.63, 3.8) is 0 Å². The lowest BCUT2D eigenvalue weighted by atomic mass is 9.94. The van der Waals surface area contributed by atoms with E-state index in [0.717, 1.165) is 0 Å². The van der Waals surface area contributed by atoms with Crippen LogP contribution in [0, 0.1) is 0 Å². The van der Waals surface area contributed by atoms with Crippen LogP contribution in [-0.2, 0) is 18.9 Å². The second-order valence-corrected chi connectivity index (χ2v) is 8.89. The Morgan fingerprint density at radius 2 is 0.568 bits per heavy atom. The monoisotopic (exact) mass is 604 g/mol. The molecule has 0 aliphatic heterocycles. The van der Waals surface area contributed by atoms with Gasteiger partial charge in [-0.3, -0.25) is 0 Å². The van der Waals surface area contributed by atoms with E-state index in [2.05, 4.69) is 0 Å². The fourth-order valence-electron chi connectivity index (χ4n) is 4.17. The van der Waals surface area contributed by atoms with Gasteiger partial charge in [-0.2, -0.15) is 0 Å². The molecule has 0 bridgehead atoms. The predicted octanol–water partition coefficient (Wildman–Crippen LogP) is 4.68. The zero-order valence-electron chi connectivity index (χ0n) is 24.0. The van der Waals surface area contributed by atoms with Crippen LogP contribution in [0.25, 0.3) is 22.3 Å². The van der Waals surface area contributed by atoms with Gasteiger partial charge in [0.2, 0.25) is 0 Å². The minimum atomic E-state index is -0.630. The number of hydrogen-bond acceptors (Lipinski definition) is 12. The maximum absolute atomic E-state index is 11.9. The second-order valence-electron chi connectivity index (χ2n) is 8.89. The standard InChI is InChI=1S/2C16H14O6/c2*1-21-15(19)11-5-3-9(17)7-13(11)14-8-10(18)4-6-12(14)16(20)22-2/h2*3-8,17-18H,1-2H3. The lowest BCUT2D eigenvalue weighted by Gasteiger charge is -2.12. The van der Waals surface area contributed by atoms with E-state index in [0.29, 0.717) is 0 Å². The van der Waals surface area contributed by atoms with Crippen molar-refractivity contribution in [3.05, 3.63) is 95.1 Å². The summed E-state index contributed by atoms with van der Waals surface area (Å²) in [5.74, 6) is -2.90. The number of carbonyl (C=O) groups is 4. The van der Waals surface area contributed by atoms with Crippen molar-refractivity contribution in [2.45, 2.75) is 0 Å². The number of ether oxygens (including phenoxy) is 4. The van der Waals surface area contributed by atoms with Crippen LogP contribution in [0.2, 0.25) is 0 Å². The Morgan fingerprint density at radius 3 is 0.727 bits per heavy atom. The molecule has 0 amide bonds. The van der Waals surface area contributed by atoms with Gasteiger partial charge >= 0.3 is 23.9 Å². The van der Waals surface area contributed by atoms with Gasteiger partial charge in [-0.25, -0.2) is 19.2 Å². The van der Waals surface area contributed by atoms with Crippen LogP contribution >= 0.6 is 0 Å². The van der Waals surface area contributed by atoms with Crippen LogP contribution in [0.4, 0.5) is 0 Å². The number of aromatic hydroxyl groups is 4. The molecule has 0 aliphatic carbocycles. The SMILES string of the molecule is COC(=O)c1ccc(O)cc1-c1cc(O)ccc1C(=O)OC.COC(=O)c1ccc(O)cc1-c1cc(O)ccc1C(=O)OC. The maximum Gasteiger partial charge on any atom is 0.338 e. The number of esters is 4. The molecule has 4 aromatic carbocycles. The smallest absolute Gasteiger partial charge is 0.338 e. The van der Waals surface area contributed by atoms with E-state index in [1.54, 1.807) is 0 Å². The topological polar surface area (TPSA) is 186 Å². The quantitative estimate of drug-likeness (QED) is 0.176. The Bertz CT molecular complexity index is 1470.